The molecular formula is C15H13BrClNOS. The molecule has 104 valence electrons. The van der Waals surface area contributed by atoms with E-state index < -0.39 is 0 Å². The van der Waals surface area contributed by atoms with E-state index in [1.165, 1.54) is 11.8 Å². The Kier molecular flexibility index (Phi) is 5.52. The van der Waals surface area contributed by atoms with Crippen molar-refractivity contribution in [1.29, 1.82) is 0 Å². The van der Waals surface area contributed by atoms with E-state index in [-0.39, 0.29) is 5.91 Å². The van der Waals surface area contributed by atoms with Crippen LogP contribution in [-0.4, -0.2) is 11.7 Å². The van der Waals surface area contributed by atoms with Gasteiger partial charge in [-0.25, -0.2) is 0 Å². The van der Waals surface area contributed by atoms with Crippen LogP contribution in [0, 0.1) is 6.92 Å². The van der Waals surface area contributed by atoms with Gasteiger partial charge in [-0.05, 0) is 55.0 Å². The number of rotatable bonds is 4. The van der Waals surface area contributed by atoms with Gasteiger partial charge in [0.15, 0.2) is 0 Å². The molecule has 0 fully saturated rings. The molecule has 2 aromatic rings. The molecule has 1 amide bonds. The highest BCUT2D eigenvalue weighted by Crippen LogP contribution is 2.22. The zero-order valence-electron chi connectivity index (χ0n) is 10.8. The van der Waals surface area contributed by atoms with E-state index in [0.29, 0.717) is 10.8 Å². The third-order valence-electron chi connectivity index (χ3n) is 2.63. The summed E-state index contributed by atoms with van der Waals surface area (Å²) in [7, 11) is 0. The number of anilines is 1. The Labute approximate surface area is 136 Å². The number of benzene rings is 2. The first kappa shape index (κ1) is 15.4. The average Bonchev–Trinajstić information content (AvgIpc) is 2.42. The van der Waals surface area contributed by atoms with Crippen LogP contribution in [0.4, 0.5) is 5.69 Å². The molecular weight excluding hydrogens is 358 g/mol. The Morgan fingerprint density at radius 2 is 1.95 bits per heavy atom. The number of nitrogens with one attached hydrogen (secondary N) is 1. The molecule has 0 atom stereocenters. The van der Waals surface area contributed by atoms with E-state index in [9.17, 15) is 4.79 Å². The SMILES string of the molecule is Cc1cc(NC(=O)CSc2ccc(Cl)cc2)ccc1Br. The molecule has 0 saturated carbocycles. The second-order valence-corrected chi connectivity index (χ2v) is 6.59. The van der Waals surface area contributed by atoms with Gasteiger partial charge in [0, 0.05) is 20.1 Å². The number of carbonyl (C=O) groups is 1. The number of halogens is 2. The highest BCUT2D eigenvalue weighted by molar-refractivity contribution is 9.10. The summed E-state index contributed by atoms with van der Waals surface area (Å²) < 4.78 is 1.03. The van der Waals surface area contributed by atoms with Gasteiger partial charge in [0.25, 0.3) is 0 Å². The van der Waals surface area contributed by atoms with Crippen LogP contribution in [0.2, 0.25) is 5.02 Å². The van der Waals surface area contributed by atoms with Crippen molar-refractivity contribution in [3.8, 4) is 0 Å². The molecule has 0 saturated heterocycles. The molecule has 2 aromatic carbocycles. The van der Waals surface area contributed by atoms with Crippen LogP contribution < -0.4 is 5.32 Å². The fraction of sp³-hybridized carbons (Fsp3) is 0.133. The molecule has 0 aliphatic rings. The Hall–Kier alpha value is -0.970. The van der Waals surface area contributed by atoms with Crippen molar-refractivity contribution in [1.82, 2.24) is 0 Å². The van der Waals surface area contributed by atoms with Crippen molar-refractivity contribution in [2.45, 2.75) is 11.8 Å². The highest BCUT2D eigenvalue weighted by Gasteiger charge is 2.05. The minimum absolute atomic E-state index is 0.0216. The van der Waals surface area contributed by atoms with Crippen LogP contribution in [0.5, 0.6) is 0 Å². The van der Waals surface area contributed by atoms with Gasteiger partial charge in [-0.1, -0.05) is 27.5 Å². The first-order chi connectivity index (χ1) is 9.54. The molecule has 1 N–H and O–H groups in total. The van der Waals surface area contributed by atoms with Crippen molar-refractivity contribution in [2.75, 3.05) is 11.1 Å². The number of hydrogen-bond donors (Lipinski definition) is 1. The van der Waals surface area contributed by atoms with E-state index in [1.807, 2.05) is 49.4 Å². The van der Waals surface area contributed by atoms with Crippen LogP contribution in [-0.2, 0) is 4.79 Å². The second kappa shape index (κ2) is 7.16. The molecule has 0 radical (unpaired) electrons. The molecule has 2 nitrogen and oxygen atoms in total. The molecule has 5 heteroatoms. The smallest absolute Gasteiger partial charge is 0.234 e. The van der Waals surface area contributed by atoms with Crippen molar-refractivity contribution in [3.63, 3.8) is 0 Å². The van der Waals surface area contributed by atoms with Crippen LogP contribution in [0.25, 0.3) is 0 Å². The topological polar surface area (TPSA) is 29.1 Å². The van der Waals surface area contributed by atoms with E-state index in [2.05, 4.69) is 21.2 Å². The third-order valence-corrected chi connectivity index (χ3v) is 4.78. The quantitative estimate of drug-likeness (QED) is 0.755. The number of aryl methyl sites for hydroxylation is 1. The zero-order chi connectivity index (χ0) is 14.5. The Morgan fingerprint density at radius 1 is 1.25 bits per heavy atom. The fourth-order valence-electron chi connectivity index (χ4n) is 1.60. The van der Waals surface area contributed by atoms with Gasteiger partial charge in [-0.3, -0.25) is 4.79 Å². The first-order valence-electron chi connectivity index (χ1n) is 5.99. The van der Waals surface area contributed by atoms with Gasteiger partial charge in [-0.15, -0.1) is 11.8 Å². The summed E-state index contributed by atoms with van der Waals surface area (Å²) in [6.45, 7) is 1.99. The zero-order valence-corrected chi connectivity index (χ0v) is 14.0. The predicted molar refractivity (Wildman–Crippen MR) is 89.7 cm³/mol. The average molecular weight is 371 g/mol. The maximum atomic E-state index is 11.9. The van der Waals surface area contributed by atoms with Crippen molar-refractivity contribution in [2.24, 2.45) is 0 Å². The maximum absolute atomic E-state index is 11.9. The van der Waals surface area contributed by atoms with E-state index >= 15 is 0 Å². The lowest BCUT2D eigenvalue weighted by Gasteiger charge is -2.07. The predicted octanol–water partition coefficient (Wildman–Crippen LogP) is 5.14. The van der Waals surface area contributed by atoms with Gasteiger partial charge in [0.05, 0.1) is 5.75 Å². The lowest BCUT2D eigenvalue weighted by atomic mass is 10.2. The van der Waals surface area contributed by atoms with Crippen molar-refractivity contribution in [3.05, 3.63) is 57.5 Å². The van der Waals surface area contributed by atoms with Crippen molar-refractivity contribution < 1.29 is 4.79 Å². The van der Waals surface area contributed by atoms with E-state index in [1.54, 1.807) is 0 Å². The minimum atomic E-state index is -0.0216. The van der Waals surface area contributed by atoms with Crippen molar-refractivity contribution >= 4 is 50.9 Å². The maximum Gasteiger partial charge on any atom is 0.234 e. The van der Waals surface area contributed by atoms with Gasteiger partial charge in [0.1, 0.15) is 0 Å². The standard InChI is InChI=1S/C15H13BrClNOS/c1-10-8-12(4-7-14(10)16)18-15(19)9-20-13-5-2-11(17)3-6-13/h2-8H,9H2,1H3,(H,18,19). The molecule has 0 unspecified atom stereocenters. The lowest BCUT2D eigenvalue weighted by Crippen LogP contribution is -2.14. The molecule has 0 aliphatic heterocycles. The van der Waals surface area contributed by atoms with Gasteiger partial charge >= 0.3 is 0 Å². The van der Waals surface area contributed by atoms with Gasteiger partial charge < -0.3 is 5.32 Å². The molecule has 0 aliphatic carbocycles. The highest BCUT2D eigenvalue weighted by atomic mass is 79.9. The molecule has 0 heterocycles. The summed E-state index contributed by atoms with van der Waals surface area (Å²) in [5.41, 5.74) is 1.90. The van der Waals surface area contributed by atoms with E-state index in [4.69, 9.17) is 11.6 Å². The number of carbonyl (C=O) groups excluding carboxylic acids is 1. The van der Waals surface area contributed by atoms with Gasteiger partial charge in [-0.2, -0.15) is 0 Å². The number of hydrogen-bond acceptors (Lipinski definition) is 2. The molecule has 0 spiro atoms. The van der Waals surface area contributed by atoms with E-state index in [0.717, 1.165) is 20.6 Å². The Bertz CT molecular complexity index is 616. The molecule has 0 aromatic heterocycles. The molecule has 2 rings (SSSR count). The normalized spacial score (nSPS) is 10.3. The number of thioether (sulfide) groups is 1. The first-order valence-corrected chi connectivity index (χ1v) is 8.14. The lowest BCUT2D eigenvalue weighted by molar-refractivity contribution is -0.113. The molecule has 20 heavy (non-hydrogen) atoms. The summed E-state index contributed by atoms with van der Waals surface area (Å²) in [6, 6.07) is 13.2. The Balaban J connectivity index is 1.89. The Morgan fingerprint density at radius 3 is 2.60 bits per heavy atom. The van der Waals surface area contributed by atoms with Crippen LogP contribution in [0.3, 0.4) is 0 Å². The summed E-state index contributed by atoms with van der Waals surface area (Å²) >= 11 is 10.7. The number of amides is 1. The largest absolute Gasteiger partial charge is 0.325 e. The van der Waals surface area contributed by atoms with Gasteiger partial charge in [0.2, 0.25) is 5.91 Å². The minimum Gasteiger partial charge on any atom is -0.325 e. The summed E-state index contributed by atoms with van der Waals surface area (Å²) in [4.78, 5) is 12.9. The fourth-order valence-corrected chi connectivity index (χ4v) is 2.67. The van der Waals surface area contributed by atoms with Crippen LogP contribution >= 0.6 is 39.3 Å². The van der Waals surface area contributed by atoms with Crippen LogP contribution in [0.1, 0.15) is 5.56 Å². The third kappa shape index (κ3) is 4.54. The summed E-state index contributed by atoms with van der Waals surface area (Å²) in [5, 5.41) is 3.58. The monoisotopic (exact) mass is 369 g/mol. The summed E-state index contributed by atoms with van der Waals surface area (Å²) in [6.07, 6.45) is 0. The second-order valence-electron chi connectivity index (χ2n) is 4.25. The molecule has 0 bridgehead atoms. The summed E-state index contributed by atoms with van der Waals surface area (Å²) in [5.74, 6) is 0.350. The van der Waals surface area contributed by atoms with Crippen LogP contribution in [0.15, 0.2) is 51.8 Å².